The molecule has 0 aliphatic heterocycles. The molecule has 4 aromatic rings. The van der Waals surface area contributed by atoms with Gasteiger partial charge in [0.25, 0.3) is 5.56 Å². The highest BCUT2D eigenvalue weighted by Gasteiger charge is 2.18. The highest BCUT2D eigenvalue weighted by Crippen LogP contribution is 2.25. The van der Waals surface area contributed by atoms with Crippen molar-refractivity contribution in [2.24, 2.45) is 0 Å². The van der Waals surface area contributed by atoms with E-state index in [9.17, 15) is 14.7 Å². The molecule has 0 saturated carbocycles. The van der Waals surface area contributed by atoms with Gasteiger partial charge in [0, 0.05) is 11.9 Å². The van der Waals surface area contributed by atoms with Gasteiger partial charge in [0.05, 0.1) is 27.5 Å². The summed E-state index contributed by atoms with van der Waals surface area (Å²) in [5, 5.41) is 19.9. The van der Waals surface area contributed by atoms with Gasteiger partial charge >= 0.3 is 5.69 Å². The van der Waals surface area contributed by atoms with E-state index >= 15 is 0 Å². The van der Waals surface area contributed by atoms with Crippen molar-refractivity contribution in [2.45, 2.75) is 39.8 Å². The number of benzene rings is 2. The van der Waals surface area contributed by atoms with E-state index in [1.165, 1.54) is 13.9 Å². The molecule has 2 heterocycles. The monoisotopic (exact) mass is 439 g/mol. The van der Waals surface area contributed by atoms with Crippen molar-refractivity contribution in [2.75, 3.05) is 0 Å². The molecular weight excluding hydrogens is 418 g/mol. The molecule has 0 fully saturated rings. The van der Waals surface area contributed by atoms with E-state index in [-0.39, 0.29) is 29.6 Å². The Hall–Kier alpha value is -3.23. The fourth-order valence-electron chi connectivity index (χ4n) is 3.64. The van der Waals surface area contributed by atoms with E-state index in [0.29, 0.717) is 39.4 Å². The molecule has 0 aliphatic carbocycles. The number of aliphatic hydroxyl groups is 1. The average Bonchev–Trinajstić information content (AvgIpc) is 3.09. The van der Waals surface area contributed by atoms with Crippen LogP contribution in [0.15, 0.2) is 52.1 Å². The number of hydrogen-bond donors (Lipinski definition) is 1. The zero-order valence-electron chi connectivity index (χ0n) is 17.4. The summed E-state index contributed by atoms with van der Waals surface area (Å²) in [6.45, 7) is 5.83. The number of rotatable bonds is 5. The summed E-state index contributed by atoms with van der Waals surface area (Å²) in [5.74, 6) is 0.286. The van der Waals surface area contributed by atoms with E-state index in [4.69, 9.17) is 11.6 Å². The van der Waals surface area contributed by atoms with Crippen LogP contribution in [0.3, 0.4) is 0 Å². The number of fused-ring (bicyclic) bond motifs is 1. The lowest BCUT2D eigenvalue weighted by Gasteiger charge is -2.14. The highest BCUT2D eigenvalue weighted by molar-refractivity contribution is 6.32. The second-order valence-corrected chi connectivity index (χ2v) is 7.86. The maximum absolute atomic E-state index is 13.2. The van der Waals surface area contributed by atoms with Crippen molar-refractivity contribution in [3.63, 3.8) is 0 Å². The summed E-state index contributed by atoms with van der Waals surface area (Å²) in [6, 6.07) is 12.1. The third-order valence-corrected chi connectivity index (χ3v) is 5.50. The van der Waals surface area contributed by atoms with Gasteiger partial charge in [0.2, 0.25) is 0 Å². The van der Waals surface area contributed by atoms with E-state index in [1.54, 1.807) is 42.5 Å². The van der Waals surface area contributed by atoms with Crippen LogP contribution in [0.4, 0.5) is 0 Å². The topological polar surface area (TPSA) is 94.9 Å². The molecule has 0 radical (unpaired) electrons. The molecule has 2 aromatic carbocycles. The summed E-state index contributed by atoms with van der Waals surface area (Å²) < 4.78 is 3.96. The summed E-state index contributed by atoms with van der Waals surface area (Å²) >= 11 is 6.31. The van der Waals surface area contributed by atoms with Crippen LogP contribution in [0.5, 0.6) is 0 Å². The van der Waals surface area contributed by atoms with Gasteiger partial charge < -0.3 is 5.11 Å². The maximum Gasteiger partial charge on any atom is 0.350 e. The molecule has 0 bridgehead atoms. The largest absolute Gasteiger partial charge is 0.388 e. The van der Waals surface area contributed by atoms with Gasteiger partial charge in [-0.05, 0) is 43.2 Å². The normalized spacial score (nSPS) is 11.5. The third kappa shape index (κ3) is 3.47. The molecule has 2 aromatic heterocycles. The minimum Gasteiger partial charge on any atom is -0.388 e. The molecule has 160 valence electrons. The van der Waals surface area contributed by atoms with E-state index in [2.05, 4.69) is 10.2 Å². The fourth-order valence-corrected chi connectivity index (χ4v) is 3.85. The van der Waals surface area contributed by atoms with Crippen LogP contribution in [0.1, 0.15) is 38.2 Å². The molecule has 0 saturated heterocycles. The summed E-state index contributed by atoms with van der Waals surface area (Å²) in [4.78, 5) is 26.0. The number of nitrogens with zero attached hydrogens (tertiary/aromatic N) is 5. The van der Waals surface area contributed by atoms with Crippen LogP contribution in [-0.4, -0.2) is 29.2 Å². The molecular formula is C22H22ClN5O3. The molecule has 4 rings (SSSR count). The SMILES string of the molecule is CCn1c(CO)nn(-c2ccc3c(=O)n(-c4ccccc4Cl)nc(C(C)C)c3c2)c1=O. The standard InChI is InChI=1S/C22H22ClN5O3/c1-4-26-19(12-29)24-27(22(26)31)14-9-10-15-16(11-14)20(13(2)3)25-28(21(15)30)18-8-6-5-7-17(18)23/h5-11,13,29H,4,12H2,1-3H3. The molecule has 8 nitrogen and oxygen atoms in total. The first-order valence-corrected chi connectivity index (χ1v) is 10.4. The van der Waals surface area contributed by atoms with E-state index in [1.807, 2.05) is 20.8 Å². The number of aliphatic hydroxyl groups excluding tert-OH is 1. The van der Waals surface area contributed by atoms with Gasteiger partial charge in [0.15, 0.2) is 5.82 Å². The first kappa shape index (κ1) is 21.0. The van der Waals surface area contributed by atoms with Crippen LogP contribution in [0, 0.1) is 0 Å². The minimum atomic E-state index is -0.352. The van der Waals surface area contributed by atoms with Crippen LogP contribution in [0.25, 0.3) is 22.1 Å². The van der Waals surface area contributed by atoms with Gasteiger partial charge in [-0.1, -0.05) is 37.6 Å². The van der Waals surface area contributed by atoms with Crippen LogP contribution in [0.2, 0.25) is 5.02 Å². The van der Waals surface area contributed by atoms with Gasteiger partial charge in [-0.2, -0.15) is 14.5 Å². The van der Waals surface area contributed by atoms with E-state index < -0.39 is 0 Å². The average molecular weight is 440 g/mol. The van der Waals surface area contributed by atoms with Crippen molar-refractivity contribution < 1.29 is 5.11 Å². The highest BCUT2D eigenvalue weighted by atomic mass is 35.5. The molecule has 0 aliphatic rings. The first-order chi connectivity index (χ1) is 14.9. The lowest BCUT2D eigenvalue weighted by atomic mass is 10.0. The summed E-state index contributed by atoms with van der Waals surface area (Å²) in [6.07, 6.45) is 0. The second kappa shape index (κ2) is 8.13. The van der Waals surface area contributed by atoms with Gasteiger partial charge in [-0.3, -0.25) is 9.36 Å². The van der Waals surface area contributed by atoms with Crippen molar-refractivity contribution in [3.8, 4) is 11.4 Å². The van der Waals surface area contributed by atoms with Crippen molar-refractivity contribution in [3.05, 3.63) is 79.8 Å². The fraction of sp³-hybridized carbons (Fsp3) is 0.273. The Morgan fingerprint density at radius 2 is 1.77 bits per heavy atom. The molecule has 31 heavy (non-hydrogen) atoms. The zero-order valence-corrected chi connectivity index (χ0v) is 18.2. The quantitative estimate of drug-likeness (QED) is 0.515. The first-order valence-electron chi connectivity index (χ1n) is 9.99. The second-order valence-electron chi connectivity index (χ2n) is 7.45. The number of hydrogen-bond acceptors (Lipinski definition) is 5. The lowest BCUT2D eigenvalue weighted by molar-refractivity contribution is 0.264. The number of aromatic nitrogens is 5. The Morgan fingerprint density at radius 1 is 1.03 bits per heavy atom. The van der Waals surface area contributed by atoms with Gasteiger partial charge in [-0.25, -0.2) is 4.79 Å². The summed E-state index contributed by atoms with van der Waals surface area (Å²) in [7, 11) is 0. The van der Waals surface area contributed by atoms with Crippen LogP contribution < -0.4 is 11.2 Å². The Labute approximate surface area is 182 Å². The van der Waals surface area contributed by atoms with Crippen molar-refractivity contribution >= 4 is 22.4 Å². The smallest absolute Gasteiger partial charge is 0.350 e. The summed E-state index contributed by atoms with van der Waals surface area (Å²) in [5.41, 5.74) is 1.04. The van der Waals surface area contributed by atoms with Gasteiger partial charge in [-0.15, -0.1) is 5.10 Å². The van der Waals surface area contributed by atoms with Crippen LogP contribution >= 0.6 is 11.6 Å². The predicted molar refractivity (Wildman–Crippen MR) is 119 cm³/mol. The predicted octanol–water partition coefficient (Wildman–Crippen LogP) is 3.02. The third-order valence-electron chi connectivity index (χ3n) is 5.18. The molecule has 0 atom stereocenters. The van der Waals surface area contributed by atoms with Crippen LogP contribution in [-0.2, 0) is 13.2 Å². The Morgan fingerprint density at radius 3 is 2.39 bits per heavy atom. The van der Waals surface area contributed by atoms with Crippen molar-refractivity contribution in [1.29, 1.82) is 0 Å². The van der Waals surface area contributed by atoms with Crippen molar-refractivity contribution in [1.82, 2.24) is 24.1 Å². The van der Waals surface area contributed by atoms with Gasteiger partial charge in [0.1, 0.15) is 6.61 Å². The molecule has 0 spiro atoms. The lowest BCUT2D eigenvalue weighted by Crippen LogP contribution is -2.25. The zero-order chi connectivity index (χ0) is 22.3. The Kier molecular flexibility index (Phi) is 5.51. The number of para-hydroxylation sites is 1. The van der Waals surface area contributed by atoms with E-state index in [0.717, 1.165) is 0 Å². The minimum absolute atomic E-state index is 0.00464. The Balaban J connectivity index is 2.00. The number of halogens is 1. The Bertz CT molecular complexity index is 1400. The molecule has 1 N–H and O–H groups in total. The molecule has 0 unspecified atom stereocenters. The molecule has 0 amide bonds. The molecule has 9 heteroatoms. The maximum atomic E-state index is 13.2.